The molecule has 1 aliphatic rings. The zero-order valence-electron chi connectivity index (χ0n) is 15.3. The molecule has 0 radical (unpaired) electrons. The lowest BCUT2D eigenvalue weighted by molar-refractivity contribution is -0.144. The van der Waals surface area contributed by atoms with Crippen LogP contribution < -0.4 is 5.73 Å². The van der Waals surface area contributed by atoms with Crippen molar-refractivity contribution in [3.8, 4) is 22.4 Å². The highest BCUT2D eigenvalue weighted by atomic mass is 16.5. The molecule has 1 unspecified atom stereocenters. The summed E-state index contributed by atoms with van der Waals surface area (Å²) in [5, 5.41) is 14.7. The lowest BCUT2D eigenvalue weighted by Crippen LogP contribution is -2.35. The van der Waals surface area contributed by atoms with Crippen LogP contribution in [0.3, 0.4) is 0 Å². The Labute approximate surface area is 161 Å². The van der Waals surface area contributed by atoms with E-state index in [1.165, 1.54) is 4.90 Å². The third-order valence-electron chi connectivity index (χ3n) is 5.07. The number of amides is 2. The highest BCUT2D eigenvalue weighted by molar-refractivity contribution is 5.94. The number of rotatable bonds is 4. The quantitative estimate of drug-likeness (QED) is 0.724. The Balaban J connectivity index is 1.68. The van der Waals surface area contributed by atoms with Crippen molar-refractivity contribution in [1.82, 2.24) is 10.1 Å². The Morgan fingerprint density at radius 2 is 1.82 bits per heavy atom. The van der Waals surface area contributed by atoms with E-state index in [0.717, 1.165) is 16.7 Å². The summed E-state index contributed by atoms with van der Waals surface area (Å²) in [6.07, 6.45) is 0.261. The van der Waals surface area contributed by atoms with Crippen molar-refractivity contribution in [3.05, 3.63) is 65.9 Å². The lowest BCUT2D eigenvalue weighted by atomic mass is 9.97. The van der Waals surface area contributed by atoms with Crippen LogP contribution in [-0.4, -0.2) is 40.6 Å². The number of benzene rings is 2. The molecule has 1 atom stereocenters. The summed E-state index contributed by atoms with van der Waals surface area (Å²) >= 11 is 0. The van der Waals surface area contributed by atoms with Gasteiger partial charge in [-0.05, 0) is 29.3 Å². The normalized spacial score (nSPS) is 19.2. The number of likely N-dealkylation sites (N-methyl/N-ethyl adjacent to an activating group) is 1. The zero-order chi connectivity index (χ0) is 19.9. The fourth-order valence-corrected chi connectivity index (χ4v) is 3.40. The average Bonchev–Trinajstić information content (AvgIpc) is 3.31. The number of carbonyl (C=O) groups excluding carboxylic acids is 2. The van der Waals surface area contributed by atoms with Crippen molar-refractivity contribution in [3.63, 3.8) is 0 Å². The fraction of sp³-hybridized carbons (Fsp3) is 0.190. The largest absolute Gasteiger partial charge is 0.373 e. The Morgan fingerprint density at radius 3 is 2.50 bits per heavy atom. The van der Waals surface area contributed by atoms with Crippen LogP contribution in [0, 0.1) is 0 Å². The second-order valence-corrected chi connectivity index (χ2v) is 6.94. The number of primary amides is 1. The topological polar surface area (TPSA) is 110 Å². The van der Waals surface area contributed by atoms with Crippen LogP contribution in [0.15, 0.2) is 59.1 Å². The molecule has 2 aromatic carbocycles. The van der Waals surface area contributed by atoms with Gasteiger partial charge in [-0.1, -0.05) is 35.5 Å². The molecule has 3 aromatic rings. The summed E-state index contributed by atoms with van der Waals surface area (Å²) in [6, 6.07) is 16.2. The van der Waals surface area contributed by atoms with E-state index in [1.54, 1.807) is 31.3 Å². The van der Waals surface area contributed by atoms with Gasteiger partial charge >= 0.3 is 0 Å². The maximum atomic E-state index is 12.2. The van der Waals surface area contributed by atoms with Gasteiger partial charge < -0.3 is 20.3 Å². The number of hydrogen-bond donors (Lipinski definition) is 2. The summed E-state index contributed by atoms with van der Waals surface area (Å²) in [6.45, 7) is 0.455. The molecule has 2 heterocycles. The third-order valence-corrected chi connectivity index (χ3v) is 5.07. The van der Waals surface area contributed by atoms with Crippen LogP contribution in [0.25, 0.3) is 22.4 Å². The first-order chi connectivity index (χ1) is 13.4. The lowest BCUT2D eigenvalue weighted by Gasteiger charge is -2.16. The van der Waals surface area contributed by atoms with E-state index in [1.807, 2.05) is 30.3 Å². The molecule has 142 valence electrons. The number of hydrogen-bond acceptors (Lipinski definition) is 5. The minimum Gasteiger partial charge on any atom is -0.373 e. The highest BCUT2D eigenvalue weighted by Gasteiger charge is 2.48. The Bertz CT molecular complexity index is 1070. The van der Waals surface area contributed by atoms with Crippen molar-refractivity contribution in [2.45, 2.75) is 12.0 Å². The first-order valence-electron chi connectivity index (χ1n) is 8.84. The van der Waals surface area contributed by atoms with Crippen LogP contribution in [0.2, 0.25) is 0 Å². The minimum absolute atomic E-state index is 0.137. The van der Waals surface area contributed by atoms with Crippen LogP contribution in [0.5, 0.6) is 0 Å². The zero-order valence-corrected chi connectivity index (χ0v) is 15.3. The molecule has 1 fully saturated rings. The van der Waals surface area contributed by atoms with E-state index in [-0.39, 0.29) is 12.2 Å². The summed E-state index contributed by atoms with van der Waals surface area (Å²) in [5.41, 5.74) is 7.11. The Hall–Kier alpha value is -3.45. The van der Waals surface area contributed by atoms with Crippen molar-refractivity contribution in [2.24, 2.45) is 5.73 Å². The van der Waals surface area contributed by atoms with Gasteiger partial charge in [0.15, 0.2) is 5.76 Å². The molecular weight excluding hydrogens is 358 g/mol. The molecule has 0 aliphatic carbocycles. The molecule has 0 spiro atoms. The number of carbonyl (C=O) groups is 2. The van der Waals surface area contributed by atoms with E-state index in [0.29, 0.717) is 17.8 Å². The molecule has 0 bridgehead atoms. The van der Waals surface area contributed by atoms with Gasteiger partial charge in [-0.2, -0.15) is 0 Å². The Morgan fingerprint density at radius 1 is 1.14 bits per heavy atom. The average molecular weight is 377 g/mol. The molecule has 1 aromatic heterocycles. The van der Waals surface area contributed by atoms with Crippen molar-refractivity contribution in [2.75, 3.05) is 13.6 Å². The van der Waals surface area contributed by atoms with Gasteiger partial charge in [-0.15, -0.1) is 0 Å². The van der Waals surface area contributed by atoms with Crippen LogP contribution in [-0.2, 0) is 10.4 Å². The standard InChI is InChI=1S/C21H19N3O4/c1-24-9-8-21(27,20(24)26)18-12-17(23-28-18)15-6-2-4-13(10-15)14-5-3-7-16(11-14)19(22)25/h2-7,10-12,27H,8-9H2,1H3,(H2,22,25). The van der Waals surface area contributed by atoms with Gasteiger partial charge in [0.05, 0.1) is 0 Å². The van der Waals surface area contributed by atoms with Gasteiger partial charge in [-0.25, -0.2) is 0 Å². The summed E-state index contributed by atoms with van der Waals surface area (Å²) in [4.78, 5) is 25.1. The molecule has 3 N–H and O–H groups in total. The summed E-state index contributed by atoms with van der Waals surface area (Å²) in [7, 11) is 1.64. The molecule has 1 saturated heterocycles. The van der Waals surface area contributed by atoms with Crippen molar-refractivity contribution in [1.29, 1.82) is 0 Å². The molecule has 2 amide bonds. The molecular formula is C21H19N3O4. The fourth-order valence-electron chi connectivity index (χ4n) is 3.40. The summed E-state index contributed by atoms with van der Waals surface area (Å²) < 4.78 is 5.31. The molecule has 4 rings (SSSR count). The van der Waals surface area contributed by atoms with E-state index < -0.39 is 17.4 Å². The molecule has 0 saturated carbocycles. The minimum atomic E-state index is -1.67. The Kier molecular flexibility index (Phi) is 4.24. The maximum absolute atomic E-state index is 12.2. The second kappa shape index (κ2) is 6.61. The highest BCUT2D eigenvalue weighted by Crippen LogP contribution is 2.35. The molecule has 1 aliphatic heterocycles. The summed E-state index contributed by atoms with van der Waals surface area (Å²) in [5.74, 6) is -0.746. The number of aliphatic hydroxyl groups is 1. The molecule has 28 heavy (non-hydrogen) atoms. The molecule has 7 nitrogen and oxygen atoms in total. The number of nitrogens with two attached hydrogens (primary N) is 1. The van der Waals surface area contributed by atoms with E-state index in [9.17, 15) is 14.7 Å². The smallest absolute Gasteiger partial charge is 0.262 e. The van der Waals surface area contributed by atoms with E-state index in [2.05, 4.69) is 5.16 Å². The van der Waals surface area contributed by atoms with Crippen molar-refractivity contribution < 1.29 is 19.2 Å². The number of likely N-dealkylation sites (tertiary alicyclic amines) is 1. The number of nitrogens with zero attached hydrogens (tertiary/aromatic N) is 2. The number of aromatic nitrogens is 1. The van der Waals surface area contributed by atoms with Crippen LogP contribution in [0.4, 0.5) is 0 Å². The predicted molar refractivity (Wildman–Crippen MR) is 102 cm³/mol. The van der Waals surface area contributed by atoms with Gasteiger partial charge in [0.1, 0.15) is 5.69 Å². The van der Waals surface area contributed by atoms with Gasteiger partial charge in [-0.3, -0.25) is 9.59 Å². The maximum Gasteiger partial charge on any atom is 0.262 e. The first kappa shape index (κ1) is 17.9. The first-order valence-corrected chi connectivity index (χ1v) is 8.84. The van der Waals surface area contributed by atoms with Gasteiger partial charge in [0, 0.05) is 37.2 Å². The predicted octanol–water partition coefficient (Wildman–Crippen LogP) is 2.16. The monoisotopic (exact) mass is 377 g/mol. The van der Waals surface area contributed by atoms with Crippen molar-refractivity contribution >= 4 is 11.8 Å². The second-order valence-electron chi connectivity index (χ2n) is 6.94. The van der Waals surface area contributed by atoms with Crippen LogP contribution >= 0.6 is 0 Å². The van der Waals surface area contributed by atoms with Gasteiger partial charge in [0.2, 0.25) is 11.5 Å². The van der Waals surface area contributed by atoms with E-state index in [4.69, 9.17) is 10.3 Å². The van der Waals surface area contributed by atoms with E-state index >= 15 is 0 Å². The SMILES string of the molecule is CN1CCC(O)(c2cc(-c3cccc(-c4cccc(C(N)=O)c4)c3)no2)C1=O. The third kappa shape index (κ3) is 2.95. The molecule has 7 heteroatoms. The van der Waals surface area contributed by atoms with Crippen LogP contribution in [0.1, 0.15) is 22.5 Å². The van der Waals surface area contributed by atoms with Gasteiger partial charge in [0.25, 0.3) is 5.91 Å².